The molecule has 0 radical (unpaired) electrons. The van der Waals surface area contributed by atoms with E-state index in [1.807, 2.05) is 13.0 Å². The van der Waals surface area contributed by atoms with Crippen LogP contribution in [0.15, 0.2) is 39.5 Å². The Hall–Kier alpha value is -3.38. The lowest BCUT2D eigenvalue weighted by Gasteiger charge is -2.42. The number of carbonyl (C=O) groups is 1. The molecule has 5 rings (SSSR count). The molecular weight excluding hydrogens is 496 g/mol. The first-order valence-electron chi connectivity index (χ1n) is 12.6. The summed E-state index contributed by atoms with van der Waals surface area (Å²) < 4.78 is 34.2. The van der Waals surface area contributed by atoms with Gasteiger partial charge in [0, 0.05) is 42.9 Å². The number of hydrogen-bond donors (Lipinski definition) is 2. The van der Waals surface area contributed by atoms with Crippen LogP contribution in [0, 0.1) is 13.8 Å². The Kier molecular flexibility index (Phi) is 7.44. The molecule has 2 aromatic heterocycles. The Bertz CT molecular complexity index is 1360. The van der Waals surface area contributed by atoms with Crippen molar-refractivity contribution in [2.75, 3.05) is 38.3 Å². The number of aliphatic hydroxyl groups is 1. The molecule has 1 aromatic carbocycles. The second-order valence-corrected chi connectivity index (χ2v) is 9.56. The third kappa shape index (κ3) is 5.02. The lowest BCUT2D eigenvalue weighted by molar-refractivity contribution is -0.272. The summed E-state index contributed by atoms with van der Waals surface area (Å²) >= 11 is 0. The summed E-state index contributed by atoms with van der Waals surface area (Å²) in [6.07, 6.45) is -4.89. The van der Waals surface area contributed by atoms with Crippen molar-refractivity contribution >= 4 is 22.6 Å². The Morgan fingerprint density at radius 1 is 1.13 bits per heavy atom. The van der Waals surface area contributed by atoms with Gasteiger partial charge in [0.25, 0.3) is 0 Å². The normalized spacial score (nSPS) is 25.9. The third-order valence-corrected chi connectivity index (χ3v) is 7.00. The van der Waals surface area contributed by atoms with E-state index in [9.17, 15) is 14.7 Å². The number of H-pyrrole nitrogens is 1. The van der Waals surface area contributed by atoms with Crippen molar-refractivity contribution in [1.29, 1.82) is 0 Å². The molecule has 0 bridgehead atoms. The van der Waals surface area contributed by atoms with E-state index in [0.29, 0.717) is 43.2 Å². The quantitative estimate of drug-likeness (QED) is 0.363. The zero-order chi connectivity index (χ0) is 27.0. The highest BCUT2D eigenvalue weighted by Gasteiger charge is 2.48. The van der Waals surface area contributed by atoms with Gasteiger partial charge in [-0.05, 0) is 45.0 Å². The lowest BCUT2D eigenvalue weighted by Crippen LogP contribution is -2.60. The number of hydrogen-bond acceptors (Lipinski definition) is 10. The molecule has 0 aliphatic carbocycles. The van der Waals surface area contributed by atoms with Crippen molar-refractivity contribution in [2.45, 2.75) is 51.5 Å². The summed E-state index contributed by atoms with van der Waals surface area (Å²) in [5.41, 5.74) is 2.31. The molecule has 3 aromatic rings. The number of ether oxygens (including phenoxy) is 5. The minimum absolute atomic E-state index is 0.262. The summed E-state index contributed by atoms with van der Waals surface area (Å²) in [7, 11) is 1.46. The monoisotopic (exact) mass is 528 g/mol. The molecule has 11 heteroatoms. The minimum atomic E-state index is -1.36. The molecule has 38 heavy (non-hydrogen) atoms. The van der Waals surface area contributed by atoms with Crippen molar-refractivity contribution in [3.63, 3.8) is 0 Å². The Morgan fingerprint density at radius 2 is 1.89 bits per heavy atom. The number of fused-ring (bicyclic) bond motifs is 1. The molecule has 2 N–H and O–H groups in total. The molecule has 0 amide bonds. The standard InChI is InChI=1S/C27H32N2O9/c1-14-5-7-18(28-14)26(32)38-25-22(31)27(35-16(3)24(25)33-4)36-20-8-6-17-19(29-9-11-34-12-10-29)13-21(30)37-23(17)15(20)2/h5-8,13,16,22,24-25,27-28,31H,9-12H2,1-4H3/t16-,22+,24-,25-,27-/m0/s1. The number of aryl methyl sites for hydroxylation is 2. The van der Waals surface area contributed by atoms with Crippen molar-refractivity contribution in [1.82, 2.24) is 4.98 Å². The van der Waals surface area contributed by atoms with Gasteiger partial charge in [0.15, 0.2) is 12.2 Å². The zero-order valence-corrected chi connectivity index (χ0v) is 21.8. The van der Waals surface area contributed by atoms with E-state index in [4.69, 9.17) is 28.1 Å². The van der Waals surface area contributed by atoms with Crippen LogP contribution in [0.25, 0.3) is 11.0 Å². The summed E-state index contributed by atoms with van der Waals surface area (Å²) in [4.78, 5) is 30.2. The second kappa shape index (κ2) is 10.8. The van der Waals surface area contributed by atoms with Crippen molar-refractivity contribution in [2.24, 2.45) is 0 Å². The number of nitrogens with zero attached hydrogens (tertiary/aromatic N) is 1. The highest BCUT2D eigenvalue weighted by Crippen LogP contribution is 2.35. The minimum Gasteiger partial charge on any atom is -0.462 e. The fourth-order valence-electron chi connectivity index (χ4n) is 5.00. The molecule has 2 saturated heterocycles. The van der Waals surface area contributed by atoms with Gasteiger partial charge < -0.3 is 43.1 Å². The molecule has 0 spiro atoms. The number of aromatic amines is 1. The highest BCUT2D eigenvalue weighted by atomic mass is 16.7. The number of morpholine rings is 1. The van der Waals surface area contributed by atoms with Crippen LogP contribution in [-0.2, 0) is 18.9 Å². The van der Waals surface area contributed by atoms with Crippen LogP contribution >= 0.6 is 0 Å². The predicted molar refractivity (Wildman–Crippen MR) is 137 cm³/mol. The number of nitrogens with one attached hydrogen (secondary N) is 1. The fraction of sp³-hybridized carbons (Fsp3) is 0.481. The molecule has 2 aliphatic heterocycles. The summed E-state index contributed by atoms with van der Waals surface area (Å²) in [6.45, 7) is 7.82. The van der Waals surface area contributed by atoms with Gasteiger partial charge in [0.1, 0.15) is 23.1 Å². The molecule has 11 nitrogen and oxygen atoms in total. The van der Waals surface area contributed by atoms with Crippen LogP contribution < -0.4 is 15.3 Å². The van der Waals surface area contributed by atoms with Crippen LogP contribution in [0.4, 0.5) is 5.69 Å². The SMILES string of the molecule is CO[C@@H]1[C@@H](OC(=O)c2ccc(C)[nH]2)[C@@H](O)[C@H](Oc2ccc3c(N4CCOCC4)cc(=O)oc3c2C)O[C@H]1C. The highest BCUT2D eigenvalue weighted by molar-refractivity contribution is 5.93. The summed E-state index contributed by atoms with van der Waals surface area (Å²) in [5, 5.41) is 11.9. The second-order valence-electron chi connectivity index (χ2n) is 9.56. The number of anilines is 1. The Balaban J connectivity index is 1.42. The number of benzene rings is 1. The lowest BCUT2D eigenvalue weighted by atomic mass is 9.99. The fourth-order valence-corrected chi connectivity index (χ4v) is 5.00. The van der Waals surface area contributed by atoms with E-state index in [2.05, 4.69) is 9.88 Å². The van der Waals surface area contributed by atoms with Crippen LogP contribution in [0.2, 0.25) is 0 Å². The average Bonchev–Trinajstić information content (AvgIpc) is 3.35. The van der Waals surface area contributed by atoms with Gasteiger partial charge in [-0.25, -0.2) is 9.59 Å². The largest absolute Gasteiger partial charge is 0.462 e. The van der Waals surface area contributed by atoms with Gasteiger partial charge in [-0.3, -0.25) is 0 Å². The molecule has 4 heterocycles. The van der Waals surface area contributed by atoms with Gasteiger partial charge in [-0.15, -0.1) is 0 Å². The average molecular weight is 529 g/mol. The molecular formula is C27H32N2O9. The first kappa shape index (κ1) is 26.2. The Morgan fingerprint density at radius 3 is 2.58 bits per heavy atom. The van der Waals surface area contributed by atoms with Crippen LogP contribution in [0.1, 0.15) is 28.7 Å². The van der Waals surface area contributed by atoms with Crippen LogP contribution in [0.5, 0.6) is 5.75 Å². The van der Waals surface area contributed by atoms with E-state index < -0.39 is 42.3 Å². The maximum atomic E-state index is 12.7. The van der Waals surface area contributed by atoms with E-state index in [-0.39, 0.29) is 5.69 Å². The number of methoxy groups -OCH3 is 1. The number of aliphatic hydroxyl groups excluding tert-OH is 1. The Labute approximate surface area is 219 Å². The molecule has 2 aliphatic rings. The van der Waals surface area contributed by atoms with Gasteiger partial charge in [0.2, 0.25) is 6.29 Å². The predicted octanol–water partition coefficient (Wildman–Crippen LogP) is 2.30. The van der Waals surface area contributed by atoms with Gasteiger partial charge in [-0.1, -0.05) is 0 Å². The number of rotatable bonds is 6. The maximum Gasteiger partial charge on any atom is 0.355 e. The van der Waals surface area contributed by atoms with Gasteiger partial charge in [-0.2, -0.15) is 0 Å². The molecule has 5 atom stereocenters. The number of esters is 1. The van der Waals surface area contributed by atoms with Crippen molar-refractivity contribution in [3.8, 4) is 5.75 Å². The molecule has 2 fully saturated rings. The van der Waals surface area contributed by atoms with E-state index >= 15 is 0 Å². The molecule has 0 unspecified atom stereocenters. The topological polar surface area (TPSA) is 133 Å². The van der Waals surface area contributed by atoms with E-state index in [1.165, 1.54) is 13.2 Å². The zero-order valence-electron chi connectivity index (χ0n) is 21.8. The first-order chi connectivity index (χ1) is 18.3. The van der Waals surface area contributed by atoms with Crippen LogP contribution in [-0.4, -0.2) is 80.2 Å². The molecule has 0 saturated carbocycles. The number of aromatic nitrogens is 1. The van der Waals surface area contributed by atoms with Crippen molar-refractivity contribution < 1.29 is 38.0 Å². The third-order valence-electron chi connectivity index (χ3n) is 7.00. The van der Waals surface area contributed by atoms with Crippen molar-refractivity contribution in [3.05, 3.63) is 57.7 Å². The summed E-state index contributed by atoms with van der Waals surface area (Å²) in [5.74, 6) is -0.270. The van der Waals surface area contributed by atoms with E-state index in [0.717, 1.165) is 16.8 Å². The van der Waals surface area contributed by atoms with Crippen LogP contribution in [0.3, 0.4) is 0 Å². The maximum absolute atomic E-state index is 12.7. The first-order valence-corrected chi connectivity index (χ1v) is 12.6. The van der Waals surface area contributed by atoms with Gasteiger partial charge >= 0.3 is 11.6 Å². The molecule has 204 valence electrons. The smallest absolute Gasteiger partial charge is 0.355 e. The number of carbonyl (C=O) groups excluding carboxylic acids is 1. The van der Waals surface area contributed by atoms with E-state index in [1.54, 1.807) is 32.0 Å². The summed E-state index contributed by atoms with van der Waals surface area (Å²) in [6, 6.07) is 8.41. The van der Waals surface area contributed by atoms with Gasteiger partial charge in [0.05, 0.1) is 25.0 Å².